The Balaban J connectivity index is 2.74. The van der Waals surface area contributed by atoms with Gasteiger partial charge in [0.1, 0.15) is 5.54 Å². The van der Waals surface area contributed by atoms with Crippen LogP contribution in [0.3, 0.4) is 0 Å². The molecule has 1 aliphatic carbocycles. The number of amides is 2. The van der Waals surface area contributed by atoms with Crippen LogP contribution in [0.5, 0.6) is 0 Å². The lowest BCUT2D eigenvalue weighted by molar-refractivity contribution is -0.146. The molecule has 1 saturated carbocycles. The van der Waals surface area contributed by atoms with Crippen molar-refractivity contribution in [1.82, 2.24) is 10.2 Å². The summed E-state index contributed by atoms with van der Waals surface area (Å²) in [6, 6.07) is 1.35. The van der Waals surface area contributed by atoms with E-state index in [-0.39, 0.29) is 12.5 Å². The van der Waals surface area contributed by atoms with Crippen LogP contribution in [-0.2, 0) is 4.79 Å². The molecule has 1 unspecified atom stereocenters. The number of carboxylic acids is 1. The Morgan fingerprint density at radius 1 is 1.48 bits per heavy atom. The van der Waals surface area contributed by atoms with Crippen molar-refractivity contribution in [1.29, 1.82) is 5.26 Å². The smallest absolute Gasteiger partial charge is 0.329 e. The molecule has 21 heavy (non-hydrogen) atoms. The zero-order valence-corrected chi connectivity index (χ0v) is 13.1. The molecule has 1 rings (SSSR count). The Kier molecular flexibility index (Phi) is 6.01. The Morgan fingerprint density at radius 2 is 2.05 bits per heavy atom. The van der Waals surface area contributed by atoms with Gasteiger partial charge >= 0.3 is 12.0 Å². The third kappa shape index (κ3) is 4.10. The maximum atomic E-state index is 12.2. The highest BCUT2D eigenvalue weighted by molar-refractivity contribution is 5.86. The van der Waals surface area contributed by atoms with Crippen LogP contribution in [0.2, 0.25) is 0 Å². The highest BCUT2D eigenvalue weighted by Gasteiger charge is 2.43. The second-order valence-electron chi connectivity index (χ2n) is 5.99. The number of nitrogens with one attached hydrogen (secondary N) is 1. The van der Waals surface area contributed by atoms with Gasteiger partial charge in [0.25, 0.3) is 0 Å². The first-order valence-electron chi connectivity index (χ1n) is 7.51. The monoisotopic (exact) mass is 295 g/mol. The van der Waals surface area contributed by atoms with Gasteiger partial charge in [-0.15, -0.1) is 0 Å². The third-order valence-electron chi connectivity index (χ3n) is 4.66. The number of carbonyl (C=O) groups excluding carboxylic acids is 1. The molecule has 0 spiro atoms. The van der Waals surface area contributed by atoms with Crippen LogP contribution in [0.1, 0.15) is 52.4 Å². The molecule has 0 aromatic heterocycles. The molecule has 1 atom stereocenters. The quantitative estimate of drug-likeness (QED) is 0.814. The van der Waals surface area contributed by atoms with Gasteiger partial charge in [0.15, 0.2) is 0 Å². The fourth-order valence-corrected chi connectivity index (χ4v) is 2.73. The number of aliphatic carboxylic acids is 1. The summed E-state index contributed by atoms with van der Waals surface area (Å²) in [7, 11) is 1.59. The first-order valence-corrected chi connectivity index (χ1v) is 7.51. The van der Waals surface area contributed by atoms with Gasteiger partial charge in [-0.3, -0.25) is 0 Å². The van der Waals surface area contributed by atoms with E-state index in [1.807, 2.05) is 6.07 Å². The normalized spacial score (nSPS) is 26.5. The van der Waals surface area contributed by atoms with Gasteiger partial charge in [0.2, 0.25) is 0 Å². The summed E-state index contributed by atoms with van der Waals surface area (Å²) in [5.74, 6) is -0.420. The van der Waals surface area contributed by atoms with Crippen molar-refractivity contribution in [2.45, 2.75) is 64.0 Å². The topological polar surface area (TPSA) is 93.4 Å². The van der Waals surface area contributed by atoms with Crippen LogP contribution in [0.25, 0.3) is 0 Å². The van der Waals surface area contributed by atoms with Crippen molar-refractivity contribution < 1.29 is 14.7 Å². The molecule has 6 heteroatoms. The molecule has 118 valence electrons. The van der Waals surface area contributed by atoms with Crippen LogP contribution >= 0.6 is 0 Å². The molecule has 1 fully saturated rings. The molecule has 2 amide bonds. The van der Waals surface area contributed by atoms with Crippen LogP contribution < -0.4 is 5.32 Å². The molecule has 0 heterocycles. The Morgan fingerprint density at radius 3 is 2.48 bits per heavy atom. The van der Waals surface area contributed by atoms with Gasteiger partial charge in [-0.25, -0.2) is 9.59 Å². The molecule has 0 saturated heterocycles. The molecule has 0 bridgehead atoms. The van der Waals surface area contributed by atoms with Gasteiger partial charge in [-0.1, -0.05) is 13.3 Å². The lowest BCUT2D eigenvalue weighted by Gasteiger charge is -2.38. The first-order chi connectivity index (χ1) is 9.86. The number of nitrogens with zero attached hydrogens (tertiary/aromatic N) is 2. The summed E-state index contributed by atoms with van der Waals surface area (Å²) in [5, 5.41) is 20.9. The third-order valence-corrected chi connectivity index (χ3v) is 4.66. The first kappa shape index (κ1) is 17.3. The minimum Gasteiger partial charge on any atom is -0.480 e. The molecule has 6 nitrogen and oxygen atoms in total. The van der Waals surface area contributed by atoms with Gasteiger partial charge in [-0.2, -0.15) is 5.26 Å². The SMILES string of the molecule is CCC1CCC(NC(=O)N(C)C(C)CC#N)(C(=O)O)CC1. The van der Waals surface area contributed by atoms with E-state index in [0.29, 0.717) is 18.8 Å². The molecule has 0 aromatic rings. The van der Waals surface area contributed by atoms with Gasteiger partial charge in [0, 0.05) is 13.1 Å². The predicted molar refractivity (Wildman–Crippen MR) is 78.6 cm³/mol. The zero-order valence-electron chi connectivity index (χ0n) is 13.1. The van der Waals surface area contributed by atoms with Crippen LogP contribution in [0.4, 0.5) is 4.79 Å². The van der Waals surface area contributed by atoms with Crippen LogP contribution in [0.15, 0.2) is 0 Å². The van der Waals surface area contributed by atoms with E-state index in [2.05, 4.69) is 12.2 Å². The molecule has 2 N–H and O–H groups in total. The van der Waals surface area contributed by atoms with Crippen LogP contribution in [-0.4, -0.2) is 40.6 Å². The van der Waals surface area contributed by atoms with Crippen molar-refractivity contribution in [3.05, 3.63) is 0 Å². The highest BCUT2D eigenvalue weighted by Crippen LogP contribution is 2.34. The minimum atomic E-state index is -1.16. The molecular weight excluding hydrogens is 270 g/mol. The van der Waals surface area contributed by atoms with Gasteiger partial charge < -0.3 is 15.3 Å². The van der Waals surface area contributed by atoms with Crippen LogP contribution in [0, 0.1) is 17.2 Å². The molecule has 0 radical (unpaired) electrons. The average molecular weight is 295 g/mol. The van der Waals surface area contributed by atoms with E-state index in [4.69, 9.17) is 5.26 Å². The van der Waals surface area contributed by atoms with E-state index in [0.717, 1.165) is 19.3 Å². The van der Waals surface area contributed by atoms with E-state index in [1.54, 1.807) is 14.0 Å². The van der Waals surface area contributed by atoms with Crippen molar-refractivity contribution in [3.63, 3.8) is 0 Å². The van der Waals surface area contributed by atoms with Crippen molar-refractivity contribution >= 4 is 12.0 Å². The highest BCUT2D eigenvalue weighted by atomic mass is 16.4. The maximum absolute atomic E-state index is 12.2. The van der Waals surface area contributed by atoms with E-state index < -0.39 is 17.5 Å². The fraction of sp³-hybridized carbons (Fsp3) is 0.800. The Hall–Kier alpha value is -1.77. The second-order valence-corrected chi connectivity index (χ2v) is 5.99. The fourth-order valence-electron chi connectivity index (χ4n) is 2.73. The summed E-state index contributed by atoms with van der Waals surface area (Å²) in [6.45, 7) is 3.87. The summed E-state index contributed by atoms with van der Waals surface area (Å²) < 4.78 is 0. The summed E-state index contributed by atoms with van der Waals surface area (Å²) in [6.07, 6.45) is 3.84. The number of hydrogen-bond acceptors (Lipinski definition) is 3. The summed E-state index contributed by atoms with van der Waals surface area (Å²) in [5.41, 5.74) is -1.16. The lowest BCUT2D eigenvalue weighted by atomic mass is 9.75. The molecule has 0 aliphatic heterocycles. The van der Waals surface area contributed by atoms with Gasteiger partial charge in [-0.05, 0) is 38.5 Å². The number of nitriles is 1. The molecular formula is C15H25N3O3. The second kappa shape index (κ2) is 7.30. The Labute approximate surface area is 126 Å². The predicted octanol–water partition coefficient (Wildman–Crippen LogP) is 2.35. The van der Waals surface area contributed by atoms with E-state index in [1.165, 1.54) is 4.90 Å². The number of rotatable bonds is 5. The van der Waals surface area contributed by atoms with E-state index in [9.17, 15) is 14.7 Å². The number of carbonyl (C=O) groups is 2. The number of urea groups is 1. The molecule has 0 aromatic carbocycles. The Bertz CT molecular complexity index is 422. The maximum Gasteiger partial charge on any atom is 0.329 e. The average Bonchev–Trinajstić information content (AvgIpc) is 2.47. The van der Waals surface area contributed by atoms with Crippen molar-refractivity contribution in [2.75, 3.05) is 7.05 Å². The van der Waals surface area contributed by atoms with E-state index >= 15 is 0 Å². The van der Waals surface area contributed by atoms with Crippen molar-refractivity contribution in [3.8, 4) is 6.07 Å². The largest absolute Gasteiger partial charge is 0.480 e. The molecule has 1 aliphatic rings. The number of carboxylic acid groups (broad SMARTS) is 1. The zero-order chi connectivity index (χ0) is 16.0. The summed E-state index contributed by atoms with van der Waals surface area (Å²) in [4.78, 5) is 25.3. The lowest BCUT2D eigenvalue weighted by Crippen LogP contribution is -2.59. The minimum absolute atomic E-state index is 0.224. The number of hydrogen-bond donors (Lipinski definition) is 2. The van der Waals surface area contributed by atoms with Crippen molar-refractivity contribution in [2.24, 2.45) is 5.92 Å². The summed E-state index contributed by atoms with van der Waals surface area (Å²) >= 11 is 0. The standard InChI is InChI=1S/C15H25N3O3/c1-4-12-5-8-15(9-6-12,13(19)20)17-14(21)18(3)11(2)7-10-16/h11-12H,4-9H2,1-3H3,(H,17,21)(H,19,20). The van der Waals surface area contributed by atoms with Gasteiger partial charge in [0.05, 0.1) is 12.5 Å².